The van der Waals surface area contributed by atoms with E-state index in [9.17, 15) is 0 Å². The van der Waals surface area contributed by atoms with Crippen molar-refractivity contribution in [2.45, 2.75) is 0 Å². The molecule has 0 aliphatic heterocycles. The standard InChI is InChI=1S/8C2H4N4.4ClO3.2Cu/c8*3-6-2-1-4-5-6;4*2-1(3)4;;/h8*1-2H,3H2;;;;;;/q;;;;;;;;4*-1;2*+2. The molecule has 8 rings (SSSR count). The van der Waals surface area contributed by atoms with Crippen LogP contribution in [0, 0.1) is 43.1 Å². The summed E-state index contributed by atoms with van der Waals surface area (Å²) in [6, 6.07) is 0. The zero-order chi connectivity index (χ0) is 49.6. The Morgan fingerprint density at radius 2 is 0.303 bits per heavy atom. The molecule has 2 radical (unpaired) electrons. The Balaban J connectivity index is -0.000000149. The maximum absolute atomic E-state index is 8.41. The number of aromatic nitrogens is 24. The normalized spacial score (nSPS) is 8.48. The molecule has 66 heavy (non-hydrogen) atoms. The summed E-state index contributed by atoms with van der Waals surface area (Å²) in [6.45, 7) is 0. The predicted octanol–water partition coefficient (Wildman–Crippen LogP) is -22.3. The summed E-state index contributed by atoms with van der Waals surface area (Å²) in [7, 11) is -11.4. The molecular weight excluding hydrogens is 1100 g/mol. The summed E-state index contributed by atoms with van der Waals surface area (Å²) in [5.74, 6) is 40.2. The van der Waals surface area contributed by atoms with Crippen molar-refractivity contribution < 1.29 is 133 Å². The fraction of sp³-hybridized carbons (Fsp3) is 0. The molecule has 0 amide bonds. The van der Waals surface area contributed by atoms with Crippen LogP contribution < -0.4 is 103 Å². The van der Waals surface area contributed by atoms with Crippen LogP contribution in [0.1, 0.15) is 0 Å². The van der Waals surface area contributed by atoms with Crippen LogP contribution in [0.3, 0.4) is 0 Å². The molecule has 0 fully saturated rings. The molecule has 8 heterocycles. The molecule has 16 N–H and O–H groups in total. The topological polar surface area (TPSA) is 731 Å². The summed E-state index contributed by atoms with van der Waals surface area (Å²) < 4.78 is 101. The molecule has 0 atom stereocenters. The molecule has 378 valence electrons. The molecule has 50 heteroatoms. The average molecular weight is 1130 g/mol. The van der Waals surface area contributed by atoms with Gasteiger partial charge in [0.1, 0.15) is 0 Å². The zero-order valence-corrected chi connectivity index (χ0v) is 36.5. The molecule has 0 aliphatic carbocycles. The number of hydrogen-bond donors (Lipinski definition) is 8. The molecular formula is C16H32Cl4Cu2N32O12. The van der Waals surface area contributed by atoms with Crippen molar-refractivity contribution in [3.63, 3.8) is 0 Å². The van der Waals surface area contributed by atoms with Crippen molar-refractivity contribution in [3.05, 3.63) is 99.1 Å². The predicted molar refractivity (Wildman–Crippen MR) is 161 cm³/mol. The molecule has 0 saturated heterocycles. The summed E-state index contributed by atoms with van der Waals surface area (Å²) in [5.41, 5.74) is 0. The molecule has 0 spiro atoms. The number of nitrogens with zero attached hydrogens (tertiary/aromatic N) is 24. The molecule has 0 aromatic carbocycles. The number of rotatable bonds is 0. The van der Waals surface area contributed by atoms with Gasteiger partial charge in [-0.05, 0) is 41.7 Å². The van der Waals surface area contributed by atoms with Crippen LogP contribution in [-0.2, 0) is 34.1 Å². The van der Waals surface area contributed by atoms with Gasteiger partial charge >= 0.3 is 34.1 Å². The van der Waals surface area contributed by atoms with Gasteiger partial charge < -0.3 is 103 Å². The first-order valence-corrected chi connectivity index (χ1v) is 17.6. The minimum atomic E-state index is -2.85. The Morgan fingerprint density at radius 3 is 0.318 bits per heavy atom. The summed E-state index contributed by atoms with van der Waals surface area (Å²) in [6.07, 6.45) is 24.6. The molecule has 0 bridgehead atoms. The van der Waals surface area contributed by atoms with Gasteiger partial charge in [-0.3, -0.25) is 0 Å². The molecule has 0 saturated carbocycles. The summed E-state index contributed by atoms with van der Waals surface area (Å²) in [4.78, 5) is 9.11. The Kier molecular flexibility index (Phi) is 54.6. The van der Waals surface area contributed by atoms with E-state index in [4.69, 9.17) is 103 Å². The first kappa shape index (κ1) is 70.9. The van der Waals surface area contributed by atoms with Crippen molar-refractivity contribution in [2.75, 3.05) is 46.7 Å². The first-order valence-electron chi connectivity index (χ1n) is 13.9. The number of halogens is 4. The van der Waals surface area contributed by atoms with E-state index in [1.165, 1.54) is 49.6 Å². The van der Waals surface area contributed by atoms with Crippen molar-refractivity contribution in [3.8, 4) is 0 Å². The maximum atomic E-state index is 8.41. The van der Waals surface area contributed by atoms with Crippen LogP contribution in [-0.4, -0.2) is 121 Å². The average Bonchev–Trinajstić information content (AvgIpc) is 4.03. The molecule has 44 nitrogen and oxygen atoms in total. The second-order valence-electron chi connectivity index (χ2n) is 7.82. The van der Waals surface area contributed by atoms with Crippen molar-refractivity contribution in [1.82, 2.24) is 121 Å². The van der Waals surface area contributed by atoms with E-state index in [-0.39, 0.29) is 34.1 Å². The fourth-order valence-electron chi connectivity index (χ4n) is 1.74. The number of nitrogen functional groups attached to an aromatic ring is 8. The quantitative estimate of drug-likeness (QED) is 0.0516. The van der Waals surface area contributed by atoms with Gasteiger partial charge in [0.2, 0.25) is 0 Å². The Morgan fingerprint density at radius 1 is 0.227 bits per heavy atom. The van der Waals surface area contributed by atoms with Gasteiger partial charge in [0.05, 0.1) is 142 Å². The van der Waals surface area contributed by atoms with Gasteiger partial charge in [0.15, 0.2) is 0 Å². The molecule has 0 unspecified atom stereocenters. The fourth-order valence-corrected chi connectivity index (χ4v) is 1.74. The summed E-state index contributed by atoms with van der Waals surface area (Å²) >= 11 is 0. The minimum Gasteiger partial charge on any atom is -0.357 e. The van der Waals surface area contributed by atoms with E-state index in [0.29, 0.717) is 0 Å². The third-order valence-corrected chi connectivity index (χ3v) is 3.53. The Bertz CT molecular complexity index is 1500. The van der Waals surface area contributed by atoms with Crippen molar-refractivity contribution in [1.29, 1.82) is 0 Å². The smallest absolute Gasteiger partial charge is 0.357 e. The van der Waals surface area contributed by atoms with Crippen LogP contribution in [0.5, 0.6) is 0 Å². The molecule has 8 aromatic rings. The van der Waals surface area contributed by atoms with Crippen LogP contribution in [0.15, 0.2) is 99.1 Å². The zero-order valence-electron chi connectivity index (χ0n) is 31.6. The van der Waals surface area contributed by atoms with E-state index >= 15 is 0 Å². The van der Waals surface area contributed by atoms with Crippen LogP contribution in [0.4, 0.5) is 0 Å². The van der Waals surface area contributed by atoms with Crippen LogP contribution in [0.2, 0.25) is 0 Å². The number of hydrogen-bond acceptors (Lipinski definition) is 36. The van der Waals surface area contributed by atoms with Gasteiger partial charge in [-0.1, -0.05) is 0 Å². The van der Waals surface area contributed by atoms with E-state index in [2.05, 4.69) is 82.5 Å². The monoisotopic (exact) mass is 1130 g/mol. The van der Waals surface area contributed by atoms with E-state index in [1.54, 1.807) is 49.6 Å². The van der Waals surface area contributed by atoms with E-state index < -0.39 is 43.1 Å². The first-order chi connectivity index (χ1) is 30.1. The second-order valence-corrected chi connectivity index (χ2v) is 9.33. The van der Waals surface area contributed by atoms with Gasteiger partial charge in [0.25, 0.3) is 0 Å². The Hall–Kier alpha value is -6.76. The summed E-state index contributed by atoms with van der Waals surface area (Å²) in [5, 5.41) is 54.2. The van der Waals surface area contributed by atoms with Crippen molar-refractivity contribution >= 4 is 0 Å². The Labute approximate surface area is 398 Å². The molecule has 0 aliphatic rings. The third kappa shape index (κ3) is 74.7. The van der Waals surface area contributed by atoms with Crippen LogP contribution >= 0.6 is 0 Å². The van der Waals surface area contributed by atoms with Gasteiger partial charge in [-0.15, -0.1) is 40.8 Å². The van der Waals surface area contributed by atoms with E-state index in [1.807, 2.05) is 0 Å². The van der Waals surface area contributed by atoms with E-state index in [0.717, 1.165) is 38.3 Å². The molecule has 8 aromatic heterocycles. The van der Waals surface area contributed by atoms with Crippen molar-refractivity contribution in [2.24, 2.45) is 0 Å². The van der Waals surface area contributed by atoms with Gasteiger partial charge in [-0.2, -0.15) is 38.3 Å². The largest absolute Gasteiger partial charge is 2.00 e. The van der Waals surface area contributed by atoms with Gasteiger partial charge in [-0.25, -0.2) is 0 Å². The SMILES string of the molecule is Nn1ccnn1.Nn1ccnn1.Nn1ccnn1.Nn1ccnn1.Nn1ccnn1.Nn1ccnn1.Nn1ccnn1.Nn1ccnn1.[Cu+2].[Cu+2].[O-][Cl+2]([O-])[O-].[O-][Cl+2]([O-])[O-].[O-][Cl+2]([O-])[O-].[O-][Cl+2]([O-])[O-]. The minimum absolute atomic E-state index is 0. The second kappa shape index (κ2) is 50.9. The van der Waals surface area contributed by atoms with Gasteiger partial charge in [0, 0.05) is 0 Å². The third-order valence-electron chi connectivity index (χ3n) is 3.53. The number of nitrogens with two attached hydrogens (primary N) is 8. The van der Waals surface area contributed by atoms with Crippen LogP contribution in [0.25, 0.3) is 0 Å². The maximum Gasteiger partial charge on any atom is 2.00 e.